The summed E-state index contributed by atoms with van der Waals surface area (Å²) >= 11 is 0. The summed E-state index contributed by atoms with van der Waals surface area (Å²) in [6, 6.07) is 4.11. The molecule has 0 aliphatic heterocycles. The zero-order valence-electron chi connectivity index (χ0n) is 9.03. The van der Waals surface area contributed by atoms with Gasteiger partial charge in [-0.2, -0.15) is 0 Å². The molecular weight excluding hydrogens is 190 g/mol. The van der Waals surface area contributed by atoms with Crippen LogP contribution in [0.2, 0.25) is 0 Å². The van der Waals surface area contributed by atoms with Gasteiger partial charge in [0.1, 0.15) is 0 Å². The van der Waals surface area contributed by atoms with Crippen LogP contribution in [0.1, 0.15) is 11.3 Å². The topological polar surface area (TPSA) is 57.0 Å². The summed E-state index contributed by atoms with van der Waals surface area (Å²) in [5, 5.41) is 3.78. The van der Waals surface area contributed by atoms with Gasteiger partial charge in [-0.05, 0) is 32.0 Å². The Hall–Kier alpha value is -1.55. The first-order chi connectivity index (χ1) is 7.24. The summed E-state index contributed by atoms with van der Waals surface area (Å²) in [5.41, 5.74) is 8.85. The molecule has 0 atom stereocenters. The molecule has 0 spiro atoms. The quantitative estimate of drug-likeness (QED) is 0.825. The van der Waals surface area contributed by atoms with E-state index in [1.165, 1.54) is 5.69 Å². The molecule has 0 amide bonds. The fourth-order valence-corrected chi connectivity index (χ4v) is 1.72. The highest BCUT2D eigenvalue weighted by atomic mass is 16.5. The molecule has 0 radical (unpaired) electrons. The minimum atomic E-state index is 0.659. The number of hydrogen-bond acceptors (Lipinski definition) is 3. The molecule has 0 saturated carbocycles. The predicted octanol–water partition coefficient (Wildman–Crippen LogP) is 1.49. The third-order valence-corrected chi connectivity index (χ3v) is 2.61. The highest BCUT2D eigenvalue weighted by molar-refractivity contribution is 5.57. The molecule has 2 aromatic rings. The second-order valence-electron chi connectivity index (χ2n) is 3.65. The molecule has 15 heavy (non-hydrogen) atoms. The van der Waals surface area contributed by atoms with Gasteiger partial charge < -0.3 is 14.8 Å². The van der Waals surface area contributed by atoms with E-state index in [2.05, 4.69) is 15.8 Å². The third-order valence-electron chi connectivity index (χ3n) is 2.61. The maximum Gasteiger partial charge on any atom is 0.186 e. The standard InChI is InChI=1S/C11H15N3O/c1-8-7-13-15-11(8)10-4-3-9(5-6-12)14(10)2/h3-4,7H,5-6,12H2,1-2H3. The van der Waals surface area contributed by atoms with E-state index in [0.29, 0.717) is 6.54 Å². The van der Waals surface area contributed by atoms with Gasteiger partial charge >= 0.3 is 0 Å². The van der Waals surface area contributed by atoms with Crippen LogP contribution in [0.4, 0.5) is 0 Å². The van der Waals surface area contributed by atoms with E-state index >= 15 is 0 Å². The van der Waals surface area contributed by atoms with Gasteiger partial charge in [0.25, 0.3) is 0 Å². The average molecular weight is 205 g/mol. The lowest BCUT2D eigenvalue weighted by atomic mass is 10.2. The van der Waals surface area contributed by atoms with E-state index in [-0.39, 0.29) is 0 Å². The molecule has 0 bridgehead atoms. The van der Waals surface area contributed by atoms with Gasteiger partial charge in [-0.3, -0.25) is 0 Å². The highest BCUT2D eigenvalue weighted by Crippen LogP contribution is 2.24. The van der Waals surface area contributed by atoms with Crippen LogP contribution in [0.25, 0.3) is 11.5 Å². The number of aryl methyl sites for hydroxylation is 1. The van der Waals surface area contributed by atoms with E-state index in [1.807, 2.05) is 20.0 Å². The smallest absolute Gasteiger partial charge is 0.186 e. The van der Waals surface area contributed by atoms with Crippen LogP contribution in [0.5, 0.6) is 0 Å². The normalized spacial score (nSPS) is 10.9. The Labute approximate surface area is 88.7 Å². The van der Waals surface area contributed by atoms with Crippen molar-refractivity contribution in [3.8, 4) is 11.5 Å². The monoisotopic (exact) mass is 205 g/mol. The third kappa shape index (κ3) is 1.68. The van der Waals surface area contributed by atoms with Crippen molar-refractivity contribution in [2.75, 3.05) is 6.54 Å². The Morgan fingerprint density at radius 2 is 2.27 bits per heavy atom. The molecule has 4 heteroatoms. The van der Waals surface area contributed by atoms with Gasteiger partial charge in [-0.15, -0.1) is 0 Å². The maximum absolute atomic E-state index is 5.54. The van der Waals surface area contributed by atoms with Crippen molar-refractivity contribution >= 4 is 0 Å². The van der Waals surface area contributed by atoms with Crippen LogP contribution in [-0.4, -0.2) is 16.3 Å². The van der Waals surface area contributed by atoms with E-state index < -0.39 is 0 Å². The minimum Gasteiger partial charge on any atom is -0.354 e. The Morgan fingerprint density at radius 3 is 2.87 bits per heavy atom. The van der Waals surface area contributed by atoms with Gasteiger partial charge in [0.2, 0.25) is 0 Å². The zero-order chi connectivity index (χ0) is 10.8. The van der Waals surface area contributed by atoms with Gasteiger partial charge in [0.05, 0.1) is 11.9 Å². The van der Waals surface area contributed by atoms with Gasteiger partial charge in [-0.25, -0.2) is 0 Å². The molecule has 0 aliphatic rings. The second kappa shape index (κ2) is 3.90. The molecule has 0 fully saturated rings. The van der Waals surface area contributed by atoms with Crippen molar-refractivity contribution in [3.05, 3.63) is 29.6 Å². The fourth-order valence-electron chi connectivity index (χ4n) is 1.72. The molecule has 2 heterocycles. The Balaban J connectivity index is 2.42. The fraction of sp³-hybridized carbons (Fsp3) is 0.364. The molecule has 2 aromatic heterocycles. The molecule has 0 saturated heterocycles. The summed E-state index contributed by atoms with van der Waals surface area (Å²) in [4.78, 5) is 0. The molecule has 4 nitrogen and oxygen atoms in total. The second-order valence-corrected chi connectivity index (χ2v) is 3.65. The first kappa shape index (κ1) is 9.98. The van der Waals surface area contributed by atoms with Crippen molar-refractivity contribution in [1.82, 2.24) is 9.72 Å². The van der Waals surface area contributed by atoms with E-state index in [0.717, 1.165) is 23.4 Å². The molecule has 0 aromatic carbocycles. The van der Waals surface area contributed by atoms with Gasteiger partial charge in [-0.1, -0.05) is 5.16 Å². The van der Waals surface area contributed by atoms with Crippen LogP contribution in [0.15, 0.2) is 22.9 Å². The van der Waals surface area contributed by atoms with Crippen molar-refractivity contribution in [2.45, 2.75) is 13.3 Å². The van der Waals surface area contributed by atoms with Crippen molar-refractivity contribution in [2.24, 2.45) is 12.8 Å². The summed E-state index contributed by atoms with van der Waals surface area (Å²) in [7, 11) is 2.02. The Kier molecular flexibility index (Phi) is 2.60. The lowest BCUT2D eigenvalue weighted by Gasteiger charge is -2.04. The Bertz CT molecular complexity index is 456. The number of nitrogens with zero attached hydrogens (tertiary/aromatic N) is 2. The first-order valence-electron chi connectivity index (χ1n) is 5.00. The molecule has 2 N–H and O–H groups in total. The van der Waals surface area contributed by atoms with Crippen LogP contribution in [0, 0.1) is 6.92 Å². The summed E-state index contributed by atoms with van der Waals surface area (Å²) < 4.78 is 7.32. The van der Waals surface area contributed by atoms with Crippen LogP contribution >= 0.6 is 0 Å². The van der Waals surface area contributed by atoms with E-state index in [4.69, 9.17) is 10.3 Å². The lowest BCUT2D eigenvalue weighted by Crippen LogP contribution is -2.07. The van der Waals surface area contributed by atoms with Gasteiger partial charge in [0.15, 0.2) is 5.76 Å². The predicted molar refractivity (Wildman–Crippen MR) is 58.4 cm³/mol. The minimum absolute atomic E-state index is 0.659. The number of aromatic nitrogens is 2. The van der Waals surface area contributed by atoms with Crippen molar-refractivity contribution < 1.29 is 4.52 Å². The zero-order valence-corrected chi connectivity index (χ0v) is 9.03. The summed E-state index contributed by atoms with van der Waals surface area (Å²) in [6.45, 7) is 2.65. The molecule has 0 aliphatic carbocycles. The van der Waals surface area contributed by atoms with E-state index in [9.17, 15) is 0 Å². The first-order valence-corrected chi connectivity index (χ1v) is 5.00. The van der Waals surface area contributed by atoms with Crippen LogP contribution in [-0.2, 0) is 13.5 Å². The number of hydrogen-bond donors (Lipinski definition) is 1. The van der Waals surface area contributed by atoms with Crippen molar-refractivity contribution in [1.29, 1.82) is 0 Å². The summed E-state index contributed by atoms with van der Waals surface area (Å²) in [6.07, 6.45) is 2.61. The highest BCUT2D eigenvalue weighted by Gasteiger charge is 2.12. The number of nitrogens with two attached hydrogens (primary N) is 1. The maximum atomic E-state index is 5.54. The SMILES string of the molecule is Cc1cnoc1-c1ccc(CCN)n1C. The number of rotatable bonds is 3. The van der Waals surface area contributed by atoms with Crippen LogP contribution in [0.3, 0.4) is 0 Å². The molecule has 80 valence electrons. The van der Waals surface area contributed by atoms with Crippen molar-refractivity contribution in [3.63, 3.8) is 0 Å². The molecular formula is C11H15N3O. The van der Waals surface area contributed by atoms with E-state index in [1.54, 1.807) is 6.20 Å². The molecule has 0 unspecified atom stereocenters. The van der Waals surface area contributed by atoms with Gasteiger partial charge in [0, 0.05) is 18.3 Å². The van der Waals surface area contributed by atoms with Crippen LogP contribution < -0.4 is 5.73 Å². The average Bonchev–Trinajstić information content (AvgIpc) is 2.76. The molecule has 2 rings (SSSR count). The summed E-state index contributed by atoms with van der Waals surface area (Å²) in [5.74, 6) is 0.834. The largest absolute Gasteiger partial charge is 0.354 e. The Morgan fingerprint density at radius 1 is 1.47 bits per heavy atom. The lowest BCUT2D eigenvalue weighted by molar-refractivity contribution is 0.429.